The first kappa shape index (κ1) is 54.6. The normalized spacial score (nSPS) is 14.9. The Labute approximate surface area is 361 Å². The maximum Gasteiger partial charge on any atom is 0.508 e. The number of carbonyl (C=O) groups is 3. The second-order valence-electron chi connectivity index (χ2n) is 17.0. The summed E-state index contributed by atoms with van der Waals surface area (Å²) in [5.41, 5.74) is 0. The summed E-state index contributed by atoms with van der Waals surface area (Å²) in [5.74, 6) is -1.81. The summed E-state index contributed by atoms with van der Waals surface area (Å²) in [6.07, 6.45) is 35.7. The molecule has 1 aliphatic heterocycles. The second kappa shape index (κ2) is 39.7. The lowest BCUT2D eigenvalue weighted by atomic mass is 9.91. The molecule has 1 rings (SSSR count). The van der Waals surface area contributed by atoms with Crippen LogP contribution in [0, 0.1) is 11.8 Å². The van der Waals surface area contributed by atoms with Crippen molar-refractivity contribution in [1.82, 2.24) is 4.90 Å². The highest BCUT2D eigenvalue weighted by molar-refractivity contribution is 5.74. The van der Waals surface area contributed by atoms with Crippen LogP contribution in [-0.4, -0.2) is 75.3 Å². The predicted molar refractivity (Wildman–Crippen MR) is 239 cm³/mol. The lowest BCUT2D eigenvalue weighted by Gasteiger charge is -2.28. The van der Waals surface area contributed by atoms with Crippen LogP contribution in [-0.2, 0) is 38.3 Å². The van der Waals surface area contributed by atoms with E-state index in [-0.39, 0.29) is 25.0 Å². The van der Waals surface area contributed by atoms with Gasteiger partial charge in [0, 0.05) is 32.7 Å². The molecule has 10 nitrogen and oxygen atoms in total. The minimum Gasteiger partial charge on any atom is -0.434 e. The van der Waals surface area contributed by atoms with Gasteiger partial charge in [0.1, 0.15) is 6.10 Å². The average molecular weight is 836 g/mol. The van der Waals surface area contributed by atoms with E-state index in [1.807, 2.05) is 6.92 Å². The fourth-order valence-corrected chi connectivity index (χ4v) is 7.24. The third-order valence-electron chi connectivity index (χ3n) is 11.1. The van der Waals surface area contributed by atoms with Gasteiger partial charge in [0.05, 0.1) is 18.9 Å². The zero-order valence-electron chi connectivity index (χ0n) is 38.6. The molecule has 0 radical (unpaired) electrons. The van der Waals surface area contributed by atoms with Crippen LogP contribution < -0.4 is 0 Å². The first-order valence-electron chi connectivity index (χ1n) is 24.2. The minimum atomic E-state index is -0.665. The lowest BCUT2D eigenvalue weighted by Crippen LogP contribution is -2.35. The summed E-state index contributed by atoms with van der Waals surface area (Å²) in [4.78, 5) is 51.1. The van der Waals surface area contributed by atoms with Gasteiger partial charge < -0.3 is 23.8 Å². The monoisotopic (exact) mass is 836 g/mol. The molecule has 2 unspecified atom stereocenters. The fraction of sp³-hybridized carbons (Fsp3) is 0.857. The van der Waals surface area contributed by atoms with Crippen molar-refractivity contribution >= 4 is 18.1 Å². The highest BCUT2D eigenvalue weighted by Gasteiger charge is 2.27. The van der Waals surface area contributed by atoms with E-state index in [9.17, 15) is 14.4 Å². The van der Waals surface area contributed by atoms with Gasteiger partial charge >= 0.3 is 18.1 Å². The number of piperidine rings is 1. The van der Waals surface area contributed by atoms with Gasteiger partial charge in [0.25, 0.3) is 0 Å². The van der Waals surface area contributed by atoms with Gasteiger partial charge in [0.2, 0.25) is 0 Å². The Kier molecular flexibility index (Phi) is 36.7. The molecule has 0 N–H and O–H groups in total. The molecule has 344 valence electrons. The first-order chi connectivity index (χ1) is 28.8. The Hall–Kier alpha value is -2.43. The highest BCUT2D eigenvalue weighted by Crippen LogP contribution is 2.23. The molecule has 10 heteroatoms. The van der Waals surface area contributed by atoms with Crippen LogP contribution in [0.2, 0.25) is 0 Å². The second-order valence-corrected chi connectivity index (χ2v) is 17.0. The van der Waals surface area contributed by atoms with Gasteiger partial charge in [0.15, 0.2) is 6.29 Å². The molecule has 0 amide bonds. The molecule has 2 atom stereocenters. The Bertz CT molecular complexity index is 1040. The zero-order chi connectivity index (χ0) is 43.0. The van der Waals surface area contributed by atoms with Crippen molar-refractivity contribution in [1.29, 1.82) is 0 Å². The molecular formula is C49H89NO9. The van der Waals surface area contributed by atoms with Crippen LogP contribution in [0.1, 0.15) is 207 Å². The average Bonchev–Trinajstić information content (AvgIpc) is 3.23. The van der Waals surface area contributed by atoms with E-state index < -0.39 is 30.3 Å². The minimum absolute atomic E-state index is 0.0168. The van der Waals surface area contributed by atoms with Crippen molar-refractivity contribution in [3.05, 3.63) is 24.3 Å². The largest absolute Gasteiger partial charge is 0.508 e. The van der Waals surface area contributed by atoms with Gasteiger partial charge in [-0.1, -0.05) is 148 Å². The van der Waals surface area contributed by atoms with Crippen LogP contribution in [0.4, 0.5) is 4.79 Å². The van der Waals surface area contributed by atoms with E-state index >= 15 is 0 Å². The quantitative estimate of drug-likeness (QED) is 0.0149. The molecule has 1 heterocycles. The number of unbranched alkanes of at least 4 members (excludes halogenated alkanes) is 17. The van der Waals surface area contributed by atoms with E-state index in [1.54, 1.807) is 0 Å². The molecule has 1 fully saturated rings. The predicted octanol–water partition coefficient (Wildman–Crippen LogP) is 13.2. The van der Waals surface area contributed by atoms with Crippen molar-refractivity contribution in [2.24, 2.45) is 11.8 Å². The summed E-state index contributed by atoms with van der Waals surface area (Å²) in [5, 5.41) is 0. The lowest BCUT2D eigenvalue weighted by molar-refractivity contribution is -0.263. The van der Waals surface area contributed by atoms with Crippen molar-refractivity contribution in [2.45, 2.75) is 220 Å². The molecule has 1 aliphatic rings. The maximum atomic E-state index is 13.4. The smallest absolute Gasteiger partial charge is 0.434 e. The standard InChI is InChI=1S/C49H89NO9/c1-6-9-12-15-18-19-20-21-22-23-24-25-26-29-32-44(41-43(4)42-56-49(53)57-45-35-37-50(5)38-36-45)48(52)59-58-46(51)33-34-47(54-39-30-27-16-13-10-7-2)55-40-31-28-17-14-11-8-3/h18-19,21-22,43-45,47H,6-17,20,23-42H2,1-5H3. The van der Waals surface area contributed by atoms with Crippen molar-refractivity contribution in [2.75, 3.05) is 40.0 Å². The van der Waals surface area contributed by atoms with Crippen LogP contribution in [0.25, 0.3) is 0 Å². The Morgan fingerprint density at radius 3 is 1.78 bits per heavy atom. The Morgan fingerprint density at radius 1 is 0.644 bits per heavy atom. The van der Waals surface area contributed by atoms with Gasteiger partial charge in [-0.15, -0.1) is 0 Å². The van der Waals surface area contributed by atoms with Crippen molar-refractivity contribution < 1.29 is 43.1 Å². The van der Waals surface area contributed by atoms with E-state index in [0.29, 0.717) is 32.5 Å². The van der Waals surface area contributed by atoms with Crippen LogP contribution in [0.15, 0.2) is 24.3 Å². The van der Waals surface area contributed by atoms with Gasteiger partial charge in [-0.3, -0.25) is 0 Å². The van der Waals surface area contributed by atoms with Crippen LogP contribution in [0.3, 0.4) is 0 Å². The number of ether oxygens (including phenoxy) is 4. The van der Waals surface area contributed by atoms with E-state index in [4.69, 9.17) is 28.7 Å². The number of hydrogen-bond donors (Lipinski definition) is 0. The molecule has 0 bridgehead atoms. The first-order valence-corrected chi connectivity index (χ1v) is 24.2. The molecular weight excluding hydrogens is 747 g/mol. The third-order valence-corrected chi connectivity index (χ3v) is 11.1. The highest BCUT2D eigenvalue weighted by atomic mass is 17.2. The van der Waals surface area contributed by atoms with Crippen LogP contribution >= 0.6 is 0 Å². The molecule has 0 aliphatic carbocycles. The molecule has 0 aromatic rings. The van der Waals surface area contributed by atoms with Crippen molar-refractivity contribution in [3.8, 4) is 0 Å². The molecule has 0 aromatic heterocycles. The molecule has 1 saturated heterocycles. The van der Waals surface area contributed by atoms with Crippen molar-refractivity contribution in [3.63, 3.8) is 0 Å². The summed E-state index contributed by atoms with van der Waals surface area (Å²) in [7, 11) is 2.06. The zero-order valence-corrected chi connectivity index (χ0v) is 38.6. The fourth-order valence-electron chi connectivity index (χ4n) is 7.24. The summed E-state index contributed by atoms with van der Waals surface area (Å²) in [6, 6.07) is 0. The number of allylic oxidation sites excluding steroid dienone is 4. The molecule has 0 aromatic carbocycles. The summed E-state index contributed by atoms with van der Waals surface area (Å²) >= 11 is 0. The number of nitrogens with zero attached hydrogens (tertiary/aromatic N) is 1. The topological polar surface area (TPSA) is 110 Å². The van der Waals surface area contributed by atoms with Gasteiger partial charge in [-0.2, -0.15) is 0 Å². The maximum absolute atomic E-state index is 13.4. The van der Waals surface area contributed by atoms with E-state index in [2.05, 4.69) is 57.0 Å². The van der Waals surface area contributed by atoms with Crippen LogP contribution in [0.5, 0.6) is 0 Å². The Balaban J connectivity index is 2.61. The molecule has 0 spiro atoms. The SMILES string of the molecule is CCCCCC=CCC=CCCCCCCC(CC(C)COC(=O)OC1CCN(C)CC1)C(=O)OOC(=O)CCC(OCCCCCCCC)OCCCCCCCC. The number of likely N-dealkylation sites (tertiary alicyclic amines) is 1. The number of carbonyl (C=O) groups excluding carboxylic acids is 3. The van der Waals surface area contributed by atoms with E-state index in [0.717, 1.165) is 90.1 Å². The summed E-state index contributed by atoms with van der Waals surface area (Å²) in [6.45, 7) is 11.7. The summed E-state index contributed by atoms with van der Waals surface area (Å²) < 4.78 is 23.1. The molecule has 0 saturated carbocycles. The number of hydrogen-bond acceptors (Lipinski definition) is 10. The van der Waals surface area contributed by atoms with Gasteiger partial charge in [-0.05, 0) is 83.6 Å². The number of rotatable bonds is 38. The van der Waals surface area contributed by atoms with E-state index in [1.165, 1.54) is 77.0 Å². The van der Waals surface area contributed by atoms with Gasteiger partial charge in [-0.25, -0.2) is 24.2 Å². The molecule has 59 heavy (non-hydrogen) atoms. The Morgan fingerprint density at radius 2 is 1.17 bits per heavy atom. The third kappa shape index (κ3) is 33.9.